The molecule has 0 aromatic heterocycles. The summed E-state index contributed by atoms with van der Waals surface area (Å²) >= 11 is 1.69. The monoisotopic (exact) mass is 293 g/mol. The number of halogens is 1. The topological polar surface area (TPSA) is 41.4 Å². The normalized spacial score (nSPS) is 16.0. The third-order valence-corrected chi connectivity index (χ3v) is 3.27. The lowest BCUT2D eigenvalue weighted by molar-refractivity contribution is -0.532. The largest absolute Gasteiger partial charge is 1.00 e. The van der Waals surface area contributed by atoms with Gasteiger partial charge in [0.2, 0.25) is 0 Å². The minimum absolute atomic E-state index is 0. The number of nitrogens with two attached hydrogens (primary N) is 1. The van der Waals surface area contributed by atoms with E-state index >= 15 is 0 Å². The Kier molecular flexibility index (Phi) is 8.14. The van der Waals surface area contributed by atoms with Gasteiger partial charge in [0.15, 0.2) is 0 Å². The summed E-state index contributed by atoms with van der Waals surface area (Å²) < 4.78 is 1.94. The molecule has 1 rings (SSSR count). The molecule has 0 aliphatic carbocycles. The SMILES string of the molecule is CCCCCC[N+]1=C(N)SCC(C)=N1.[Br-]. The summed E-state index contributed by atoms with van der Waals surface area (Å²) in [5, 5.41) is 5.28. The molecule has 3 nitrogen and oxygen atoms in total. The number of unbranched alkanes of at least 4 members (excludes halogenated alkanes) is 3. The van der Waals surface area contributed by atoms with Gasteiger partial charge < -0.3 is 17.0 Å². The van der Waals surface area contributed by atoms with E-state index in [0.29, 0.717) is 0 Å². The zero-order chi connectivity index (χ0) is 10.4. The van der Waals surface area contributed by atoms with Crippen LogP contribution in [0.3, 0.4) is 0 Å². The van der Waals surface area contributed by atoms with E-state index in [2.05, 4.69) is 18.9 Å². The summed E-state index contributed by atoms with van der Waals surface area (Å²) in [6, 6.07) is 0. The highest BCUT2D eigenvalue weighted by atomic mass is 79.9. The van der Waals surface area contributed by atoms with Gasteiger partial charge in [0.25, 0.3) is 0 Å². The van der Waals surface area contributed by atoms with Crippen molar-refractivity contribution in [2.45, 2.75) is 39.5 Å². The van der Waals surface area contributed by atoms with Crippen molar-refractivity contribution >= 4 is 22.6 Å². The maximum absolute atomic E-state index is 5.85. The summed E-state index contributed by atoms with van der Waals surface area (Å²) in [6.07, 6.45) is 5.05. The van der Waals surface area contributed by atoms with E-state index in [0.717, 1.165) is 17.5 Å². The number of rotatable bonds is 5. The van der Waals surface area contributed by atoms with Crippen molar-refractivity contribution in [2.24, 2.45) is 10.8 Å². The molecule has 15 heavy (non-hydrogen) atoms. The first-order valence-corrected chi connectivity index (χ1v) is 6.29. The van der Waals surface area contributed by atoms with Crippen molar-refractivity contribution in [2.75, 3.05) is 12.3 Å². The first kappa shape index (κ1) is 15.0. The lowest BCUT2D eigenvalue weighted by Crippen LogP contribution is -3.00. The Morgan fingerprint density at radius 3 is 2.80 bits per heavy atom. The minimum atomic E-state index is 0. The molecule has 0 unspecified atom stereocenters. The van der Waals surface area contributed by atoms with E-state index in [1.54, 1.807) is 11.8 Å². The fourth-order valence-corrected chi connectivity index (χ4v) is 2.08. The van der Waals surface area contributed by atoms with Crippen molar-refractivity contribution in [1.29, 1.82) is 0 Å². The second kappa shape index (κ2) is 8.16. The number of thioether (sulfide) groups is 1. The van der Waals surface area contributed by atoms with Crippen LogP contribution in [0.1, 0.15) is 39.5 Å². The van der Waals surface area contributed by atoms with Crippen LogP contribution in [-0.4, -0.2) is 27.9 Å². The van der Waals surface area contributed by atoms with E-state index in [-0.39, 0.29) is 17.0 Å². The molecule has 1 heterocycles. The summed E-state index contributed by atoms with van der Waals surface area (Å²) in [5.41, 5.74) is 7.02. The molecular formula is C10H20BrN3S. The van der Waals surface area contributed by atoms with Crippen LogP contribution in [0.4, 0.5) is 0 Å². The molecular weight excluding hydrogens is 274 g/mol. The van der Waals surface area contributed by atoms with Gasteiger partial charge in [-0.05, 0) is 31.5 Å². The number of hydrogen-bond acceptors (Lipinski definition) is 3. The smallest absolute Gasteiger partial charge is 0.329 e. The molecule has 0 fully saturated rings. The zero-order valence-corrected chi connectivity index (χ0v) is 11.9. The van der Waals surface area contributed by atoms with Gasteiger partial charge in [-0.25, -0.2) is 0 Å². The predicted molar refractivity (Wildman–Crippen MR) is 64.0 cm³/mol. The van der Waals surface area contributed by atoms with Crippen molar-refractivity contribution < 1.29 is 21.7 Å². The minimum Gasteiger partial charge on any atom is -1.00 e. The van der Waals surface area contributed by atoms with Crippen molar-refractivity contribution in [1.82, 2.24) is 0 Å². The van der Waals surface area contributed by atoms with Gasteiger partial charge >= 0.3 is 5.17 Å². The third kappa shape index (κ3) is 5.56. The van der Waals surface area contributed by atoms with Gasteiger partial charge in [-0.1, -0.05) is 24.9 Å². The van der Waals surface area contributed by atoms with E-state index in [4.69, 9.17) is 5.73 Å². The summed E-state index contributed by atoms with van der Waals surface area (Å²) in [5.74, 6) is 0.942. The van der Waals surface area contributed by atoms with Crippen molar-refractivity contribution in [3.05, 3.63) is 0 Å². The molecule has 2 N–H and O–H groups in total. The third-order valence-electron chi connectivity index (χ3n) is 2.20. The van der Waals surface area contributed by atoms with Crippen LogP contribution < -0.4 is 22.7 Å². The molecule has 0 saturated carbocycles. The molecule has 1 aliphatic heterocycles. The van der Waals surface area contributed by atoms with E-state index in [1.165, 1.54) is 31.4 Å². The molecule has 5 heteroatoms. The van der Waals surface area contributed by atoms with Gasteiger partial charge in [0.05, 0.1) is 5.71 Å². The highest BCUT2D eigenvalue weighted by Gasteiger charge is 2.15. The number of hydrazone groups is 1. The quantitative estimate of drug-likeness (QED) is 0.523. The molecule has 0 spiro atoms. The van der Waals surface area contributed by atoms with Gasteiger partial charge in [-0.3, -0.25) is 5.73 Å². The van der Waals surface area contributed by atoms with E-state index in [1.807, 2.05) is 4.68 Å². The molecule has 1 aliphatic rings. The first-order valence-electron chi connectivity index (χ1n) is 5.31. The average molecular weight is 294 g/mol. The zero-order valence-electron chi connectivity index (χ0n) is 9.50. The van der Waals surface area contributed by atoms with E-state index < -0.39 is 0 Å². The van der Waals surface area contributed by atoms with E-state index in [9.17, 15) is 0 Å². The molecule has 0 amide bonds. The fourth-order valence-electron chi connectivity index (χ4n) is 1.39. The van der Waals surface area contributed by atoms with Crippen molar-refractivity contribution in [3.8, 4) is 0 Å². The average Bonchev–Trinajstić information content (AvgIpc) is 2.18. The highest BCUT2D eigenvalue weighted by molar-refractivity contribution is 8.14. The number of hydrogen-bond donors (Lipinski definition) is 1. The number of amidine groups is 1. The Labute approximate surface area is 107 Å². The maximum atomic E-state index is 5.85. The Hall–Kier alpha value is -0.0300. The van der Waals surface area contributed by atoms with Crippen LogP contribution in [0.5, 0.6) is 0 Å². The lowest BCUT2D eigenvalue weighted by Gasteiger charge is -2.09. The summed E-state index contributed by atoms with van der Waals surface area (Å²) in [7, 11) is 0. The molecule has 0 bridgehead atoms. The van der Waals surface area contributed by atoms with Gasteiger partial charge in [-0.2, -0.15) is 0 Å². The molecule has 0 saturated heterocycles. The van der Waals surface area contributed by atoms with Gasteiger partial charge in [-0.15, -0.1) is 4.68 Å². The summed E-state index contributed by atoms with van der Waals surface area (Å²) in [6.45, 7) is 5.24. The Morgan fingerprint density at radius 1 is 1.40 bits per heavy atom. The van der Waals surface area contributed by atoms with Crippen LogP contribution in [0.2, 0.25) is 0 Å². The maximum Gasteiger partial charge on any atom is 0.329 e. The highest BCUT2D eigenvalue weighted by Crippen LogP contribution is 2.08. The van der Waals surface area contributed by atoms with Crippen molar-refractivity contribution in [3.63, 3.8) is 0 Å². The lowest BCUT2D eigenvalue weighted by atomic mass is 10.2. The van der Waals surface area contributed by atoms with Crippen LogP contribution in [0, 0.1) is 0 Å². The standard InChI is InChI=1S/C10H19N3S.BrH/c1-3-4-5-6-7-13-10(11)14-8-9(2)12-13;/h11H,3-8H2,1-2H3;1H. The first-order chi connectivity index (χ1) is 6.74. The second-order valence-electron chi connectivity index (χ2n) is 3.65. The predicted octanol–water partition coefficient (Wildman–Crippen LogP) is -0.979. The molecule has 88 valence electrons. The molecule has 0 aromatic carbocycles. The Balaban J connectivity index is 0.00000196. The van der Waals surface area contributed by atoms with Gasteiger partial charge in [0, 0.05) is 5.75 Å². The Bertz CT molecular complexity index is 251. The Morgan fingerprint density at radius 2 is 2.13 bits per heavy atom. The van der Waals surface area contributed by atoms with Crippen LogP contribution in [0.15, 0.2) is 5.10 Å². The summed E-state index contributed by atoms with van der Waals surface area (Å²) in [4.78, 5) is 0. The van der Waals surface area contributed by atoms with Crippen LogP contribution in [0.25, 0.3) is 0 Å². The second-order valence-corrected chi connectivity index (χ2v) is 4.64. The van der Waals surface area contributed by atoms with Crippen LogP contribution >= 0.6 is 11.8 Å². The number of nitrogens with zero attached hydrogens (tertiary/aromatic N) is 2. The van der Waals surface area contributed by atoms with Crippen LogP contribution in [-0.2, 0) is 0 Å². The molecule has 0 radical (unpaired) electrons. The molecule has 0 aromatic rings. The van der Waals surface area contributed by atoms with Gasteiger partial charge in [0.1, 0.15) is 6.54 Å². The molecule has 0 atom stereocenters. The fraction of sp³-hybridized carbons (Fsp3) is 0.800.